The van der Waals surface area contributed by atoms with Crippen LogP contribution in [0.5, 0.6) is 0 Å². The van der Waals surface area contributed by atoms with Gasteiger partial charge in [0.1, 0.15) is 5.03 Å². The van der Waals surface area contributed by atoms with E-state index >= 15 is 0 Å². The summed E-state index contributed by atoms with van der Waals surface area (Å²) in [6.45, 7) is 10.8. The molecular weight excluding hydrogens is 392 g/mol. The molecule has 0 aliphatic heterocycles. The second-order valence-electron chi connectivity index (χ2n) is 8.19. The smallest absolute Gasteiger partial charge is 0.220 e. The number of nitrogens with zero attached hydrogens (tertiary/aromatic N) is 1. The van der Waals surface area contributed by atoms with Gasteiger partial charge in [-0.1, -0.05) is 30.7 Å². The zero-order valence-corrected chi connectivity index (χ0v) is 19.6. The number of methoxy groups -OCH3 is 1. The average Bonchev–Trinajstić information content (AvgIpc) is 2.64. The van der Waals surface area contributed by atoms with Crippen LogP contribution in [0.3, 0.4) is 0 Å². The lowest BCUT2D eigenvalue weighted by Gasteiger charge is -2.29. The first-order valence-electron chi connectivity index (χ1n) is 9.84. The van der Waals surface area contributed by atoms with Gasteiger partial charge in [0.2, 0.25) is 5.91 Å². The van der Waals surface area contributed by atoms with E-state index in [1.165, 1.54) is 0 Å². The van der Waals surface area contributed by atoms with Crippen molar-refractivity contribution in [2.24, 2.45) is 5.41 Å². The number of rotatable bonds is 15. The molecule has 7 heteroatoms. The van der Waals surface area contributed by atoms with Crippen molar-refractivity contribution < 1.29 is 14.3 Å². The maximum atomic E-state index is 12.0. The molecule has 0 atom stereocenters. The molecule has 0 bridgehead atoms. The summed E-state index contributed by atoms with van der Waals surface area (Å²) < 4.78 is 11.2. The second kappa shape index (κ2) is 13.5. The van der Waals surface area contributed by atoms with E-state index in [-0.39, 0.29) is 16.9 Å². The van der Waals surface area contributed by atoms with Crippen molar-refractivity contribution in [3.05, 3.63) is 24.4 Å². The molecule has 1 heterocycles. The van der Waals surface area contributed by atoms with Crippen molar-refractivity contribution >= 4 is 27.5 Å². The third kappa shape index (κ3) is 12.6. The van der Waals surface area contributed by atoms with E-state index in [1.54, 1.807) is 34.9 Å². The van der Waals surface area contributed by atoms with E-state index in [0.29, 0.717) is 19.6 Å². The topological polar surface area (TPSA) is 60.5 Å². The Balaban J connectivity index is 2.11. The number of carbonyl (C=O) groups is 1. The highest BCUT2D eigenvalue weighted by molar-refractivity contribution is 8.76. The van der Waals surface area contributed by atoms with Gasteiger partial charge in [0.05, 0.1) is 5.60 Å². The highest BCUT2D eigenvalue weighted by Crippen LogP contribution is 2.29. The predicted octanol–water partition coefficient (Wildman–Crippen LogP) is 4.97. The Hall–Kier alpha value is -0.760. The van der Waals surface area contributed by atoms with E-state index in [2.05, 4.69) is 38.0 Å². The van der Waals surface area contributed by atoms with Gasteiger partial charge in [-0.2, -0.15) is 0 Å². The molecule has 0 fully saturated rings. The zero-order valence-electron chi connectivity index (χ0n) is 18.0. The van der Waals surface area contributed by atoms with Gasteiger partial charge < -0.3 is 14.8 Å². The van der Waals surface area contributed by atoms with Crippen LogP contribution in [0.4, 0.5) is 0 Å². The van der Waals surface area contributed by atoms with Crippen LogP contribution in [0, 0.1) is 5.41 Å². The lowest BCUT2D eigenvalue weighted by atomic mass is 9.86. The Bertz CT molecular complexity index is 554. The summed E-state index contributed by atoms with van der Waals surface area (Å²) in [5.41, 5.74) is -0.0283. The van der Waals surface area contributed by atoms with Gasteiger partial charge in [0.15, 0.2) is 0 Å². The zero-order chi connectivity index (χ0) is 20.9. The van der Waals surface area contributed by atoms with Crippen molar-refractivity contribution in [3.8, 4) is 0 Å². The highest BCUT2D eigenvalue weighted by atomic mass is 33.1. The van der Waals surface area contributed by atoms with Gasteiger partial charge in [0, 0.05) is 45.2 Å². The molecule has 0 aromatic carbocycles. The van der Waals surface area contributed by atoms with Crippen LogP contribution in [0.2, 0.25) is 0 Å². The van der Waals surface area contributed by atoms with Crippen molar-refractivity contribution in [1.29, 1.82) is 0 Å². The van der Waals surface area contributed by atoms with Gasteiger partial charge in [-0.15, -0.1) is 0 Å². The molecule has 0 unspecified atom stereocenters. The van der Waals surface area contributed by atoms with Crippen molar-refractivity contribution in [2.45, 2.75) is 64.0 Å². The third-order valence-electron chi connectivity index (χ3n) is 4.50. The van der Waals surface area contributed by atoms with Gasteiger partial charge in [-0.05, 0) is 61.5 Å². The monoisotopic (exact) mass is 428 g/mol. The molecule has 28 heavy (non-hydrogen) atoms. The number of hydrogen-bond acceptors (Lipinski definition) is 6. The van der Waals surface area contributed by atoms with Gasteiger partial charge in [-0.3, -0.25) is 4.79 Å². The number of ether oxygens (including phenoxy) is 2. The molecule has 5 nitrogen and oxygen atoms in total. The van der Waals surface area contributed by atoms with Crippen LogP contribution < -0.4 is 5.32 Å². The Morgan fingerprint density at radius 3 is 2.61 bits per heavy atom. The van der Waals surface area contributed by atoms with Crippen LogP contribution in [-0.4, -0.2) is 49.1 Å². The Labute approximate surface area is 178 Å². The van der Waals surface area contributed by atoms with Crippen molar-refractivity contribution in [1.82, 2.24) is 10.3 Å². The molecule has 0 saturated heterocycles. The summed E-state index contributed by atoms with van der Waals surface area (Å²) in [6, 6.07) is 5.84. The van der Waals surface area contributed by atoms with Crippen LogP contribution in [0.1, 0.15) is 53.4 Å². The van der Waals surface area contributed by atoms with Gasteiger partial charge in [0.25, 0.3) is 0 Å². The van der Waals surface area contributed by atoms with E-state index in [4.69, 9.17) is 9.47 Å². The summed E-state index contributed by atoms with van der Waals surface area (Å²) >= 11 is 0. The minimum Gasteiger partial charge on any atom is -0.385 e. The second-order valence-corrected chi connectivity index (χ2v) is 10.6. The number of pyridine rings is 1. The van der Waals surface area contributed by atoms with Crippen LogP contribution in [0.15, 0.2) is 29.4 Å². The molecule has 1 aromatic rings. The number of aromatic nitrogens is 1. The first-order valence-corrected chi connectivity index (χ1v) is 12.2. The lowest BCUT2D eigenvalue weighted by molar-refractivity contribution is -0.120. The highest BCUT2D eigenvalue weighted by Gasteiger charge is 2.22. The number of amides is 1. The fourth-order valence-corrected chi connectivity index (χ4v) is 4.28. The molecule has 1 rings (SSSR count). The Kier molecular flexibility index (Phi) is 12.2. The van der Waals surface area contributed by atoms with Gasteiger partial charge in [-0.25, -0.2) is 4.98 Å². The fourth-order valence-electron chi connectivity index (χ4n) is 2.41. The molecular formula is C21H36N2O3S2. The van der Waals surface area contributed by atoms with Crippen LogP contribution in [-0.2, 0) is 14.3 Å². The van der Waals surface area contributed by atoms with Crippen molar-refractivity contribution in [3.63, 3.8) is 0 Å². The van der Waals surface area contributed by atoms with E-state index in [9.17, 15) is 4.79 Å². The van der Waals surface area contributed by atoms with Crippen LogP contribution >= 0.6 is 21.6 Å². The molecule has 0 saturated carbocycles. The quantitative estimate of drug-likeness (QED) is 0.314. The maximum absolute atomic E-state index is 12.0. The van der Waals surface area contributed by atoms with E-state index in [0.717, 1.165) is 36.6 Å². The normalized spacial score (nSPS) is 12.2. The molecule has 0 aliphatic rings. The van der Waals surface area contributed by atoms with E-state index in [1.807, 2.05) is 18.2 Å². The molecule has 0 spiro atoms. The maximum Gasteiger partial charge on any atom is 0.220 e. The third-order valence-corrected chi connectivity index (χ3v) is 6.77. The molecule has 0 aliphatic carbocycles. The Morgan fingerprint density at radius 1 is 1.14 bits per heavy atom. The predicted molar refractivity (Wildman–Crippen MR) is 120 cm³/mol. The van der Waals surface area contributed by atoms with E-state index < -0.39 is 0 Å². The number of carbonyl (C=O) groups excluding carboxylic acids is 1. The number of hydrogen-bond donors (Lipinski definition) is 1. The molecule has 1 N–H and O–H groups in total. The SMILES string of the molecule is COCCC(C)(C)OCCC(C)(C)CCNC(=O)CCSSc1ccccn1. The minimum atomic E-state index is -0.161. The molecule has 160 valence electrons. The minimum absolute atomic E-state index is 0.113. The first-order chi connectivity index (χ1) is 13.2. The summed E-state index contributed by atoms with van der Waals surface area (Å²) in [6.07, 6.45) is 5.10. The van der Waals surface area contributed by atoms with Gasteiger partial charge >= 0.3 is 0 Å². The largest absolute Gasteiger partial charge is 0.385 e. The molecule has 1 amide bonds. The standard InChI is InChI=1S/C21H36N2O3S2/c1-20(2,11-16-26-21(3,4)12-15-25-5)10-14-22-18(24)9-17-27-28-19-8-6-7-13-23-19/h6-8,13H,9-12,14-17H2,1-5H3,(H,22,24). The number of nitrogens with one attached hydrogen (secondary N) is 1. The first kappa shape index (κ1) is 25.3. The fraction of sp³-hybridized carbons (Fsp3) is 0.714. The summed E-state index contributed by atoms with van der Waals surface area (Å²) in [5, 5.41) is 4.01. The molecule has 0 radical (unpaired) electrons. The lowest BCUT2D eigenvalue weighted by Crippen LogP contribution is -2.31. The Morgan fingerprint density at radius 2 is 1.93 bits per heavy atom. The summed E-state index contributed by atoms with van der Waals surface area (Å²) in [7, 11) is 4.98. The summed E-state index contributed by atoms with van der Waals surface area (Å²) in [5.74, 6) is 0.891. The summed E-state index contributed by atoms with van der Waals surface area (Å²) in [4.78, 5) is 16.3. The average molecular weight is 429 g/mol. The van der Waals surface area contributed by atoms with Crippen LogP contribution in [0.25, 0.3) is 0 Å². The van der Waals surface area contributed by atoms with Crippen molar-refractivity contribution in [2.75, 3.05) is 32.6 Å². The molecule has 1 aromatic heterocycles.